The minimum absolute atomic E-state index is 0.299. The predicted molar refractivity (Wildman–Crippen MR) is 103 cm³/mol. The van der Waals surface area contributed by atoms with E-state index in [0.29, 0.717) is 36.3 Å². The lowest BCUT2D eigenvalue weighted by atomic mass is 10.2. The van der Waals surface area contributed by atoms with Gasteiger partial charge in [0.15, 0.2) is 0 Å². The first-order valence-electron chi connectivity index (χ1n) is 8.65. The smallest absolute Gasteiger partial charge is 0.223 e. The van der Waals surface area contributed by atoms with Gasteiger partial charge in [0.25, 0.3) is 0 Å². The monoisotopic (exact) mass is 386 g/mol. The van der Waals surface area contributed by atoms with Crippen molar-refractivity contribution >= 4 is 17.6 Å². The second-order valence-corrected chi connectivity index (χ2v) is 7.12. The molecule has 0 saturated carbocycles. The van der Waals surface area contributed by atoms with Crippen LogP contribution in [0, 0.1) is 5.82 Å². The van der Waals surface area contributed by atoms with Crippen LogP contribution in [0.2, 0.25) is 0 Å². The van der Waals surface area contributed by atoms with E-state index >= 15 is 0 Å². The van der Waals surface area contributed by atoms with Gasteiger partial charge in [0, 0.05) is 13.2 Å². The van der Waals surface area contributed by atoms with Crippen molar-refractivity contribution in [1.29, 1.82) is 0 Å². The highest BCUT2D eigenvalue weighted by molar-refractivity contribution is 8.00. The van der Waals surface area contributed by atoms with Gasteiger partial charge in [-0.2, -0.15) is 5.10 Å². The summed E-state index contributed by atoms with van der Waals surface area (Å²) in [6.45, 7) is 3.63. The number of hydrogen-bond donors (Lipinski definition) is 0. The van der Waals surface area contributed by atoms with E-state index in [0.717, 1.165) is 16.9 Å². The molecule has 0 atom stereocenters. The number of rotatable bonds is 5. The SMILES string of the molecule is CCOc1ccc(F)cc1SN(C)c1cnc2c(c1)-c1ccnn1CCO2. The maximum Gasteiger partial charge on any atom is 0.223 e. The third-order valence-corrected chi connectivity index (χ3v) is 5.18. The Labute approximate surface area is 161 Å². The summed E-state index contributed by atoms with van der Waals surface area (Å²) >= 11 is 1.38. The van der Waals surface area contributed by atoms with Crippen LogP contribution in [0.5, 0.6) is 11.6 Å². The molecular weight excluding hydrogens is 367 g/mol. The second kappa shape index (κ2) is 7.48. The lowest BCUT2D eigenvalue weighted by Gasteiger charge is -2.20. The van der Waals surface area contributed by atoms with Crippen molar-refractivity contribution in [3.05, 3.63) is 48.5 Å². The van der Waals surface area contributed by atoms with Gasteiger partial charge in [-0.15, -0.1) is 0 Å². The number of halogens is 1. The summed E-state index contributed by atoms with van der Waals surface area (Å²) < 4.78 is 28.9. The van der Waals surface area contributed by atoms with Crippen LogP contribution < -0.4 is 13.8 Å². The van der Waals surface area contributed by atoms with Crippen LogP contribution in [-0.2, 0) is 6.54 Å². The third kappa shape index (κ3) is 3.57. The van der Waals surface area contributed by atoms with Crippen LogP contribution in [0.25, 0.3) is 11.3 Å². The van der Waals surface area contributed by atoms with Crippen molar-refractivity contribution in [2.24, 2.45) is 0 Å². The molecule has 27 heavy (non-hydrogen) atoms. The first-order chi connectivity index (χ1) is 13.2. The van der Waals surface area contributed by atoms with Gasteiger partial charge in [0.2, 0.25) is 5.88 Å². The average molecular weight is 386 g/mol. The number of pyridine rings is 1. The molecule has 6 nitrogen and oxygen atoms in total. The van der Waals surface area contributed by atoms with E-state index in [1.807, 2.05) is 35.1 Å². The van der Waals surface area contributed by atoms with Gasteiger partial charge in [0.1, 0.15) is 18.2 Å². The molecule has 0 N–H and O–H groups in total. The lowest BCUT2D eigenvalue weighted by molar-refractivity contribution is 0.290. The zero-order chi connectivity index (χ0) is 18.8. The molecule has 0 fully saturated rings. The quantitative estimate of drug-likeness (QED) is 0.618. The molecule has 0 spiro atoms. The van der Waals surface area contributed by atoms with Crippen LogP contribution in [-0.4, -0.2) is 35.0 Å². The van der Waals surface area contributed by atoms with E-state index < -0.39 is 0 Å². The first-order valence-corrected chi connectivity index (χ1v) is 9.42. The summed E-state index contributed by atoms with van der Waals surface area (Å²) in [5.41, 5.74) is 2.72. The molecular formula is C19H19FN4O2S. The largest absolute Gasteiger partial charge is 0.493 e. The van der Waals surface area contributed by atoms with E-state index in [-0.39, 0.29) is 5.82 Å². The average Bonchev–Trinajstić information content (AvgIpc) is 3.06. The van der Waals surface area contributed by atoms with Crippen LogP contribution in [0.1, 0.15) is 6.92 Å². The van der Waals surface area contributed by atoms with Crippen molar-refractivity contribution in [3.63, 3.8) is 0 Å². The minimum atomic E-state index is -0.299. The molecule has 1 aromatic carbocycles. The Bertz CT molecular complexity index is 963. The number of fused-ring (bicyclic) bond motifs is 3. The fourth-order valence-electron chi connectivity index (χ4n) is 2.91. The number of aromatic nitrogens is 3. The number of benzene rings is 1. The van der Waals surface area contributed by atoms with E-state index in [9.17, 15) is 4.39 Å². The number of nitrogens with zero attached hydrogens (tertiary/aromatic N) is 4. The molecule has 4 rings (SSSR count). The van der Waals surface area contributed by atoms with E-state index in [4.69, 9.17) is 9.47 Å². The zero-order valence-corrected chi connectivity index (χ0v) is 15.9. The predicted octanol–water partition coefficient (Wildman–Crippen LogP) is 4.02. The van der Waals surface area contributed by atoms with Crippen LogP contribution in [0.4, 0.5) is 10.1 Å². The topological polar surface area (TPSA) is 52.4 Å². The molecule has 0 radical (unpaired) electrons. The molecule has 0 unspecified atom stereocenters. The Morgan fingerprint density at radius 2 is 2.22 bits per heavy atom. The molecule has 0 amide bonds. The van der Waals surface area contributed by atoms with Crippen LogP contribution >= 0.6 is 11.9 Å². The van der Waals surface area contributed by atoms with Crippen LogP contribution in [0.3, 0.4) is 0 Å². The Morgan fingerprint density at radius 1 is 1.33 bits per heavy atom. The highest BCUT2D eigenvalue weighted by atomic mass is 32.2. The summed E-state index contributed by atoms with van der Waals surface area (Å²) in [5, 5.41) is 4.33. The molecule has 0 aliphatic carbocycles. The van der Waals surface area contributed by atoms with Gasteiger partial charge in [-0.25, -0.2) is 9.37 Å². The molecule has 1 aliphatic rings. The summed E-state index contributed by atoms with van der Waals surface area (Å²) in [6, 6.07) is 8.48. The van der Waals surface area contributed by atoms with E-state index in [1.54, 1.807) is 18.5 Å². The van der Waals surface area contributed by atoms with Gasteiger partial charge in [-0.1, -0.05) is 0 Å². The third-order valence-electron chi connectivity index (χ3n) is 4.18. The van der Waals surface area contributed by atoms with Gasteiger partial charge < -0.3 is 13.8 Å². The normalized spacial score (nSPS) is 12.6. The molecule has 0 saturated heterocycles. The fourth-order valence-corrected chi connectivity index (χ4v) is 3.79. The highest BCUT2D eigenvalue weighted by Crippen LogP contribution is 2.38. The zero-order valence-electron chi connectivity index (χ0n) is 15.1. The van der Waals surface area contributed by atoms with Crippen molar-refractivity contribution in [1.82, 2.24) is 14.8 Å². The Balaban J connectivity index is 1.65. The molecule has 0 bridgehead atoms. The van der Waals surface area contributed by atoms with Gasteiger partial charge in [0.05, 0.1) is 41.2 Å². The highest BCUT2D eigenvalue weighted by Gasteiger charge is 2.19. The number of hydrogen-bond acceptors (Lipinski definition) is 6. The van der Waals surface area contributed by atoms with E-state index in [2.05, 4.69) is 10.1 Å². The summed E-state index contributed by atoms with van der Waals surface area (Å²) in [5.74, 6) is 0.948. The van der Waals surface area contributed by atoms with Gasteiger partial charge >= 0.3 is 0 Å². The molecule has 3 aromatic rings. The Kier molecular flexibility index (Phi) is 4.89. The van der Waals surface area contributed by atoms with Crippen molar-refractivity contribution in [2.45, 2.75) is 18.4 Å². The standard InChI is InChI=1S/C19H19FN4O2S/c1-3-25-17-5-4-13(20)10-18(17)27-23(2)14-11-15-16-6-7-22-24(16)8-9-26-19(15)21-12-14/h4-7,10-12H,3,8-9H2,1-2H3. The molecule has 8 heteroatoms. The van der Waals surface area contributed by atoms with Crippen molar-refractivity contribution in [2.75, 3.05) is 24.6 Å². The molecule has 140 valence electrons. The van der Waals surface area contributed by atoms with Gasteiger partial charge in [-0.3, -0.25) is 4.68 Å². The molecule has 3 heterocycles. The van der Waals surface area contributed by atoms with Crippen LogP contribution in [0.15, 0.2) is 47.6 Å². The maximum atomic E-state index is 13.7. The van der Waals surface area contributed by atoms with E-state index in [1.165, 1.54) is 24.1 Å². The minimum Gasteiger partial charge on any atom is -0.493 e. The summed E-state index contributed by atoms with van der Waals surface area (Å²) in [6.07, 6.45) is 3.52. The lowest BCUT2D eigenvalue weighted by Crippen LogP contribution is -2.08. The van der Waals surface area contributed by atoms with Gasteiger partial charge in [-0.05, 0) is 49.2 Å². The molecule has 1 aliphatic heterocycles. The number of ether oxygens (including phenoxy) is 2. The molecule has 2 aromatic heterocycles. The fraction of sp³-hybridized carbons (Fsp3) is 0.263. The van der Waals surface area contributed by atoms with Crippen molar-refractivity contribution in [3.8, 4) is 22.9 Å². The summed E-state index contributed by atoms with van der Waals surface area (Å²) in [7, 11) is 1.91. The van der Waals surface area contributed by atoms with Crippen molar-refractivity contribution < 1.29 is 13.9 Å². The Morgan fingerprint density at radius 3 is 3.07 bits per heavy atom. The number of anilines is 1. The Hall–Kier alpha value is -2.74. The second-order valence-electron chi connectivity index (χ2n) is 5.95. The summed E-state index contributed by atoms with van der Waals surface area (Å²) in [4.78, 5) is 5.18. The first kappa shape index (κ1) is 17.7. The maximum absolute atomic E-state index is 13.7.